The van der Waals surface area contributed by atoms with Gasteiger partial charge in [-0.25, -0.2) is 9.97 Å². The smallest absolute Gasteiger partial charge is 0.188 e. The van der Waals surface area contributed by atoms with E-state index in [0.29, 0.717) is 11.8 Å². The molecule has 0 N–H and O–H groups in total. The predicted octanol–water partition coefficient (Wildman–Crippen LogP) is 4.16. The van der Waals surface area contributed by atoms with Crippen molar-refractivity contribution in [2.45, 2.75) is 39.8 Å². The molecule has 0 aliphatic heterocycles. The molecule has 0 aliphatic rings. The molecule has 96 valence electrons. The van der Waals surface area contributed by atoms with Crippen LogP contribution in [0.3, 0.4) is 0 Å². The second kappa shape index (κ2) is 6.74. The summed E-state index contributed by atoms with van der Waals surface area (Å²) in [5, 5.41) is 1.96. The molecule has 0 aromatic carbocycles. The molecular formula is C13H21BrN2S. The second-order valence-corrected chi connectivity index (χ2v) is 6.41. The zero-order chi connectivity index (χ0) is 13.0. The van der Waals surface area contributed by atoms with Gasteiger partial charge < -0.3 is 0 Å². The van der Waals surface area contributed by atoms with Crippen molar-refractivity contribution in [3.05, 3.63) is 17.0 Å². The molecule has 0 bridgehead atoms. The first-order valence-electron chi connectivity index (χ1n) is 5.96. The maximum atomic E-state index is 4.54. The first-order valence-corrected chi connectivity index (χ1v) is 8.07. The van der Waals surface area contributed by atoms with Gasteiger partial charge in [0.15, 0.2) is 5.16 Å². The molecule has 1 atom stereocenters. The lowest BCUT2D eigenvalue weighted by Crippen LogP contribution is -2.13. The number of aryl methyl sites for hydroxylation is 2. The van der Waals surface area contributed by atoms with Crippen LogP contribution in [0, 0.1) is 32.6 Å². The van der Waals surface area contributed by atoms with Crippen molar-refractivity contribution in [3.8, 4) is 0 Å². The van der Waals surface area contributed by atoms with Gasteiger partial charge in [0.2, 0.25) is 0 Å². The Kier molecular flexibility index (Phi) is 5.93. The molecule has 0 fully saturated rings. The highest BCUT2D eigenvalue weighted by Crippen LogP contribution is 2.24. The van der Waals surface area contributed by atoms with Gasteiger partial charge in [-0.2, -0.15) is 0 Å². The molecule has 1 rings (SSSR count). The van der Waals surface area contributed by atoms with Crippen LogP contribution >= 0.6 is 27.7 Å². The van der Waals surface area contributed by atoms with E-state index >= 15 is 0 Å². The lowest BCUT2D eigenvalue weighted by Gasteiger charge is -2.17. The Labute approximate surface area is 117 Å². The van der Waals surface area contributed by atoms with Crippen LogP contribution in [0.4, 0.5) is 0 Å². The number of alkyl halides is 1. The normalized spacial score (nSPS) is 13.1. The minimum absolute atomic E-state index is 0.672. The lowest BCUT2D eigenvalue weighted by atomic mass is 10.0. The number of thioether (sulfide) groups is 1. The van der Waals surface area contributed by atoms with E-state index in [9.17, 15) is 0 Å². The van der Waals surface area contributed by atoms with Crippen molar-refractivity contribution in [2.75, 3.05) is 11.1 Å². The third kappa shape index (κ3) is 4.25. The Morgan fingerprint density at radius 3 is 2.06 bits per heavy atom. The number of aromatic nitrogens is 2. The predicted molar refractivity (Wildman–Crippen MR) is 79.1 cm³/mol. The summed E-state index contributed by atoms with van der Waals surface area (Å²) in [6.07, 6.45) is 0. The topological polar surface area (TPSA) is 25.8 Å². The first kappa shape index (κ1) is 15.0. The zero-order valence-electron chi connectivity index (χ0n) is 11.2. The van der Waals surface area contributed by atoms with Gasteiger partial charge in [-0.15, -0.1) is 0 Å². The standard InChI is InChI=1S/C13H21BrN2S/c1-8(2)12(6-14)7-17-13-15-10(4)9(3)11(5)16-13/h8,12H,6-7H2,1-5H3. The third-order valence-electron chi connectivity index (χ3n) is 3.18. The van der Waals surface area contributed by atoms with E-state index in [2.05, 4.69) is 60.5 Å². The molecule has 0 amide bonds. The summed E-state index contributed by atoms with van der Waals surface area (Å²) in [6, 6.07) is 0. The molecule has 1 unspecified atom stereocenters. The molecular weight excluding hydrogens is 296 g/mol. The Bertz CT molecular complexity index is 357. The van der Waals surface area contributed by atoms with Crippen LogP contribution in [0.25, 0.3) is 0 Å². The monoisotopic (exact) mass is 316 g/mol. The summed E-state index contributed by atoms with van der Waals surface area (Å²) in [4.78, 5) is 9.07. The minimum Gasteiger partial charge on any atom is -0.228 e. The van der Waals surface area contributed by atoms with Gasteiger partial charge in [-0.1, -0.05) is 41.5 Å². The van der Waals surface area contributed by atoms with Gasteiger partial charge in [0.25, 0.3) is 0 Å². The van der Waals surface area contributed by atoms with Crippen molar-refractivity contribution in [3.63, 3.8) is 0 Å². The molecule has 17 heavy (non-hydrogen) atoms. The van der Waals surface area contributed by atoms with Gasteiger partial charge in [0, 0.05) is 22.5 Å². The fourth-order valence-electron chi connectivity index (χ4n) is 1.40. The molecule has 0 aliphatic carbocycles. The molecule has 4 heteroatoms. The number of hydrogen-bond acceptors (Lipinski definition) is 3. The average Bonchev–Trinajstić information content (AvgIpc) is 2.26. The van der Waals surface area contributed by atoms with Crippen molar-refractivity contribution in [1.29, 1.82) is 0 Å². The molecule has 1 aromatic rings. The van der Waals surface area contributed by atoms with Crippen LogP contribution in [0.15, 0.2) is 5.16 Å². The van der Waals surface area contributed by atoms with Crippen LogP contribution < -0.4 is 0 Å². The Balaban J connectivity index is 2.69. The lowest BCUT2D eigenvalue weighted by molar-refractivity contribution is 0.474. The summed E-state index contributed by atoms with van der Waals surface area (Å²) in [5.41, 5.74) is 3.40. The molecule has 0 saturated heterocycles. The average molecular weight is 317 g/mol. The Hall–Kier alpha value is -0.0900. The van der Waals surface area contributed by atoms with Crippen molar-refractivity contribution in [1.82, 2.24) is 9.97 Å². The van der Waals surface area contributed by atoms with Gasteiger partial charge in [-0.05, 0) is 38.2 Å². The largest absolute Gasteiger partial charge is 0.228 e. The van der Waals surface area contributed by atoms with Crippen LogP contribution in [0.2, 0.25) is 0 Å². The van der Waals surface area contributed by atoms with E-state index in [1.165, 1.54) is 5.56 Å². The van der Waals surface area contributed by atoms with E-state index < -0.39 is 0 Å². The number of nitrogens with zero attached hydrogens (tertiary/aromatic N) is 2. The van der Waals surface area contributed by atoms with Gasteiger partial charge in [0.05, 0.1) is 0 Å². The zero-order valence-corrected chi connectivity index (χ0v) is 13.7. The highest BCUT2D eigenvalue weighted by Gasteiger charge is 2.13. The van der Waals surface area contributed by atoms with Crippen LogP contribution in [0.5, 0.6) is 0 Å². The fraction of sp³-hybridized carbons (Fsp3) is 0.692. The van der Waals surface area contributed by atoms with Crippen LogP contribution in [0.1, 0.15) is 30.8 Å². The van der Waals surface area contributed by atoms with Crippen LogP contribution in [-0.4, -0.2) is 21.1 Å². The van der Waals surface area contributed by atoms with E-state index in [-0.39, 0.29) is 0 Å². The fourth-order valence-corrected chi connectivity index (χ4v) is 3.95. The SMILES string of the molecule is Cc1nc(SCC(CBr)C(C)C)nc(C)c1C. The van der Waals surface area contributed by atoms with Crippen molar-refractivity contribution in [2.24, 2.45) is 11.8 Å². The third-order valence-corrected chi connectivity index (χ3v) is 5.05. The van der Waals surface area contributed by atoms with Crippen molar-refractivity contribution >= 4 is 27.7 Å². The van der Waals surface area contributed by atoms with Gasteiger partial charge >= 0.3 is 0 Å². The molecule has 2 nitrogen and oxygen atoms in total. The summed E-state index contributed by atoms with van der Waals surface area (Å²) in [7, 11) is 0. The summed E-state index contributed by atoms with van der Waals surface area (Å²) >= 11 is 5.34. The number of halogens is 1. The molecule has 1 aromatic heterocycles. The maximum absolute atomic E-state index is 4.54. The summed E-state index contributed by atoms with van der Waals surface area (Å²) in [5.74, 6) is 2.44. The second-order valence-electron chi connectivity index (χ2n) is 4.77. The molecule has 0 saturated carbocycles. The Morgan fingerprint density at radius 1 is 1.12 bits per heavy atom. The maximum Gasteiger partial charge on any atom is 0.188 e. The highest BCUT2D eigenvalue weighted by atomic mass is 79.9. The quantitative estimate of drug-likeness (QED) is 0.463. The minimum atomic E-state index is 0.672. The molecule has 1 heterocycles. The number of hydrogen-bond donors (Lipinski definition) is 0. The van der Waals surface area contributed by atoms with E-state index in [0.717, 1.165) is 27.6 Å². The van der Waals surface area contributed by atoms with Gasteiger partial charge in [0.1, 0.15) is 0 Å². The Morgan fingerprint density at radius 2 is 1.65 bits per heavy atom. The highest BCUT2D eigenvalue weighted by molar-refractivity contribution is 9.09. The van der Waals surface area contributed by atoms with Crippen molar-refractivity contribution < 1.29 is 0 Å². The van der Waals surface area contributed by atoms with E-state index in [1.807, 2.05) is 0 Å². The van der Waals surface area contributed by atoms with Crippen LogP contribution in [-0.2, 0) is 0 Å². The first-order chi connectivity index (χ1) is 7.95. The van der Waals surface area contributed by atoms with Gasteiger partial charge in [-0.3, -0.25) is 0 Å². The summed E-state index contributed by atoms with van der Waals surface area (Å²) in [6.45, 7) is 10.7. The molecule has 0 radical (unpaired) electrons. The van der Waals surface area contributed by atoms with E-state index in [4.69, 9.17) is 0 Å². The number of rotatable bonds is 5. The van der Waals surface area contributed by atoms with E-state index in [1.54, 1.807) is 11.8 Å². The summed E-state index contributed by atoms with van der Waals surface area (Å²) < 4.78 is 0. The molecule has 0 spiro atoms.